The van der Waals surface area contributed by atoms with Crippen LogP contribution in [0.25, 0.3) is 0 Å². The lowest BCUT2D eigenvalue weighted by Gasteiger charge is -2.35. The quantitative estimate of drug-likeness (QED) is 0.658. The van der Waals surface area contributed by atoms with Crippen molar-refractivity contribution in [2.45, 2.75) is 103 Å². The van der Waals surface area contributed by atoms with Crippen molar-refractivity contribution in [3.05, 3.63) is 12.2 Å². The molecule has 2 aliphatic rings. The summed E-state index contributed by atoms with van der Waals surface area (Å²) in [5, 5.41) is 0. The number of hydrogen-bond donors (Lipinski definition) is 0. The van der Waals surface area contributed by atoms with Gasteiger partial charge >= 0.3 is 0 Å². The highest BCUT2D eigenvalue weighted by atomic mass is 16.5. The monoisotopic (exact) mass is 294 g/mol. The zero-order valence-electron chi connectivity index (χ0n) is 14.4. The summed E-state index contributed by atoms with van der Waals surface area (Å²) in [5.41, 5.74) is 0.247. The second-order valence-electron chi connectivity index (χ2n) is 7.91. The minimum absolute atomic E-state index is 0.247. The molecule has 0 aromatic heterocycles. The van der Waals surface area contributed by atoms with Crippen LogP contribution in [-0.2, 0) is 9.47 Å². The Bertz CT molecular complexity index is 329. The van der Waals surface area contributed by atoms with Gasteiger partial charge in [0, 0.05) is 0 Å². The highest BCUT2D eigenvalue weighted by molar-refractivity contribution is 4.98. The normalized spacial score (nSPS) is 35.2. The highest BCUT2D eigenvalue weighted by Gasteiger charge is 2.27. The maximum atomic E-state index is 6.29. The number of rotatable bonds is 4. The van der Waals surface area contributed by atoms with Crippen LogP contribution in [0.1, 0.15) is 79.1 Å². The van der Waals surface area contributed by atoms with Gasteiger partial charge in [-0.25, -0.2) is 0 Å². The van der Waals surface area contributed by atoms with Gasteiger partial charge in [-0.3, -0.25) is 0 Å². The minimum atomic E-state index is 0.247. The van der Waals surface area contributed by atoms with Crippen molar-refractivity contribution in [2.75, 3.05) is 0 Å². The highest BCUT2D eigenvalue weighted by Crippen LogP contribution is 2.29. The number of hydrogen-bond acceptors (Lipinski definition) is 2. The molecule has 0 spiro atoms. The topological polar surface area (TPSA) is 18.5 Å². The molecule has 2 rings (SSSR count). The molecule has 0 aromatic carbocycles. The first-order valence-corrected chi connectivity index (χ1v) is 8.96. The number of allylic oxidation sites excluding steroid dienone is 1. The van der Waals surface area contributed by atoms with Crippen molar-refractivity contribution in [3.8, 4) is 0 Å². The summed E-state index contributed by atoms with van der Waals surface area (Å²) in [7, 11) is 0. The Kier molecular flexibility index (Phi) is 6.31. The summed E-state index contributed by atoms with van der Waals surface area (Å²) in [4.78, 5) is 0. The second-order valence-corrected chi connectivity index (χ2v) is 7.91. The Hall–Kier alpha value is -0.340. The summed E-state index contributed by atoms with van der Waals surface area (Å²) in [6.07, 6.45) is 15.9. The molecule has 122 valence electrons. The molecule has 0 radical (unpaired) electrons. The maximum Gasteiger partial charge on any atom is 0.0759 e. The molecule has 2 heterocycles. The average Bonchev–Trinajstić information content (AvgIpc) is 2.45. The zero-order valence-corrected chi connectivity index (χ0v) is 14.4. The van der Waals surface area contributed by atoms with Gasteiger partial charge in [0.15, 0.2) is 0 Å². The summed E-state index contributed by atoms with van der Waals surface area (Å²) in [6, 6.07) is 0. The van der Waals surface area contributed by atoms with Gasteiger partial charge < -0.3 is 9.47 Å². The van der Waals surface area contributed by atoms with Gasteiger partial charge in [0.2, 0.25) is 0 Å². The Morgan fingerprint density at radius 3 is 2.19 bits per heavy atom. The Balaban J connectivity index is 1.79. The van der Waals surface area contributed by atoms with Crippen LogP contribution >= 0.6 is 0 Å². The van der Waals surface area contributed by atoms with E-state index in [1.807, 2.05) is 0 Å². The summed E-state index contributed by atoms with van der Waals surface area (Å²) < 4.78 is 12.5. The summed E-state index contributed by atoms with van der Waals surface area (Å²) in [5.74, 6) is 0. The summed E-state index contributed by atoms with van der Waals surface area (Å²) >= 11 is 0. The van der Waals surface area contributed by atoms with Gasteiger partial charge in [-0.05, 0) is 56.8 Å². The summed E-state index contributed by atoms with van der Waals surface area (Å²) in [6.45, 7) is 8.96. The first kappa shape index (κ1) is 17.0. The van der Waals surface area contributed by atoms with E-state index in [4.69, 9.17) is 9.47 Å². The van der Waals surface area contributed by atoms with Crippen LogP contribution in [0.3, 0.4) is 0 Å². The van der Waals surface area contributed by atoms with Crippen molar-refractivity contribution in [3.63, 3.8) is 0 Å². The van der Waals surface area contributed by atoms with Gasteiger partial charge in [0.25, 0.3) is 0 Å². The lowest BCUT2D eigenvalue weighted by atomic mass is 9.92. The van der Waals surface area contributed by atoms with Crippen LogP contribution in [0.4, 0.5) is 0 Å². The van der Waals surface area contributed by atoms with Crippen LogP contribution in [0.2, 0.25) is 0 Å². The van der Waals surface area contributed by atoms with E-state index in [0.29, 0.717) is 24.4 Å². The van der Waals surface area contributed by atoms with E-state index in [2.05, 4.69) is 39.8 Å². The van der Waals surface area contributed by atoms with Gasteiger partial charge in [0.1, 0.15) is 0 Å². The minimum Gasteiger partial charge on any atom is -0.375 e. The molecule has 2 saturated heterocycles. The third-order valence-corrected chi connectivity index (χ3v) is 4.61. The Morgan fingerprint density at radius 2 is 1.52 bits per heavy atom. The molecule has 0 amide bonds. The van der Waals surface area contributed by atoms with Gasteiger partial charge in [-0.1, -0.05) is 39.8 Å². The van der Waals surface area contributed by atoms with Gasteiger partial charge in [-0.15, -0.1) is 0 Å². The molecule has 0 N–H and O–H groups in total. The molecule has 0 bridgehead atoms. The van der Waals surface area contributed by atoms with E-state index in [1.54, 1.807) is 0 Å². The first-order valence-electron chi connectivity index (χ1n) is 8.96. The van der Waals surface area contributed by atoms with Crippen LogP contribution < -0.4 is 0 Å². The molecule has 2 aliphatic heterocycles. The lowest BCUT2D eigenvalue weighted by molar-refractivity contribution is -0.0976. The van der Waals surface area contributed by atoms with Crippen LogP contribution in [0.5, 0.6) is 0 Å². The van der Waals surface area contributed by atoms with E-state index >= 15 is 0 Å². The van der Waals surface area contributed by atoms with Crippen molar-refractivity contribution in [2.24, 2.45) is 5.41 Å². The molecule has 0 aliphatic carbocycles. The van der Waals surface area contributed by atoms with Crippen LogP contribution in [0.15, 0.2) is 12.2 Å². The molecule has 2 heteroatoms. The van der Waals surface area contributed by atoms with Crippen LogP contribution in [0, 0.1) is 5.41 Å². The molecule has 2 nitrogen and oxygen atoms in total. The molecule has 4 atom stereocenters. The van der Waals surface area contributed by atoms with Crippen molar-refractivity contribution in [1.29, 1.82) is 0 Å². The molecular weight excluding hydrogens is 260 g/mol. The third-order valence-electron chi connectivity index (χ3n) is 4.61. The van der Waals surface area contributed by atoms with Gasteiger partial charge in [0.05, 0.1) is 24.4 Å². The SMILES string of the molecule is CCC1CCCC(CC2CCCC(/C=C/C(C)(C)C)O2)O1. The molecule has 4 unspecified atom stereocenters. The maximum absolute atomic E-state index is 6.29. The number of ether oxygens (including phenoxy) is 2. The van der Waals surface area contributed by atoms with Crippen LogP contribution in [-0.4, -0.2) is 24.4 Å². The predicted octanol–water partition coefficient (Wildman–Crippen LogP) is 5.26. The standard InChI is InChI=1S/C19H34O2/c1-5-15-8-6-10-17(20-15)14-18-11-7-9-16(21-18)12-13-19(2,3)4/h12-13,15-18H,5-11,14H2,1-4H3/b13-12+. The van der Waals surface area contributed by atoms with E-state index in [-0.39, 0.29) is 5.41 Å². The van der Waals surface area contributed by atoms with E-state index in [9.17, 15) is 0 Å². The fourth-order valence-electron chi connectivity index (χ4n) is 3.39. The second kappa shape index (κ2) is 7.78. The molecule has 0 aromatic rings. The predicted molar refractivity (Wildman–Crippen MR) is 88.5 cm³/mol. The lowest BCUT2D eigenvalue weighted by Crippen LogP contribution is -2.34. The molecule has 21 heavy (non-hydrogen) atoms. The Labute approximate surface area is 131 Å². The molecule has 0 saturated carbocycles. The average molecular weight is 294 g/mol. The Morgan fingerprint density at radius 1 is 0.905 bits per heavy atom. The molecule has 2 fully saturated rings. The van der Waals surface area contributed by atoms with E-state index < -0.39 is 0 Å². The fourth-order valence-corrected chi connectivity index (χ4v) is 3.39. The largest absolute Gasteiger partial charge is 0.375 e. The third kappa shape index (κ3) is 6.12. The first-order chi connectivity index (χ1) is 9.96. The van der Waals surface area contributed by atoms with Crippen molar-refractivity contribution >= 4 is 0 Å². The van der Waals surface area contributed by atoms with E-state index in [1.165, 1.54) is 38.5 Å². The fraction of sp³-hybridized carbons (Fsp3) is 0.895. The van der Waals surface area contributed by atoms with Crippen molar-refractivity contribution < 1.29 is 9.47 Å². The molecular formula is C19H34O2. The van der Waals surface area contributed by atoms with Crippen molar-refractivity contribution in [1.82, 2.24) is 0 Å². The zero-order chi connectivity index (χ0) is 15.3. The van der Waals surface area contributed by atoms with Gasteiger partial charge in [-0.2, -0.15) is 0 Å². The van der Waals surface area contributed by atoms with E-state index in [0.717, 1.165) is 12.8 Å². The smallest absolute Gasteiger partial charge is 0.0759 e.